The SMILES string of the molecule is CN=C(NCc1cc(OC)c(OC)cc1OC)N1CCN(c2ccccc2O)CC1.I. The molecule has 1 saturated heterocycles. The van der Waals surface area contributed by atoms with Crippen LogP contribution in [-0.4, -0.2) is 70.5 Å². The zero-order valence-electron chi connectivity index (χ0n) is 18.4. The number of piperazine rings is 1. The van der Waals surface area contributed by atoms with Gasteiger partial charge in [-0.15, -0.1) is 24.0 Å². The predicted molar refractivity (Wildman–Crippen MR) is 134 cm³/mol. The molecule has 31 heavy (non-hydrogen) atoms. The number of benzene rings is 2. The maximum Gasteiger partial charge on any atom is 0.194 e. The fraction of sp³-hybridized carbons (Fsp3) is 0.409. The molecule has 0 aromatic heterocycles. The van der Waals surface area contributed by atoms with E-state index in [1.807, 2.05) is 30.3 Å². The van der Waals surface area contributed by atoms with Gasteiger partial charge in [0.05, 0.1) is 27.0 Å². The first-order chi connectivity index (χ1) is 14.6. The smallest absolute Gasteiger partial charge is 0.194 e. The van der Waals surface area contributed by atoms with Gasteiger partial charge in [0.2, 0.25) is 0 Å². The number of hydrogen-bond donors (Lipinski definition) is 2. The van der Waals surface area contributed by atoms with Crippen LogP contribution in [0.5, 0.6) is 23.0 Å². The molecule has 9 heteroatoms. The number of para-hydroxylation sites is 2. The van der Waals surface area contributed by atoms with Gasteiger partial charge in [0, 0.05) is 51.4 Å². The molecular formula is C22H31IN4O4. The average Bonchev–Trinajstić information content (AvgIpc) is 2.79. The molecular weight excluding hydrogens is 511 g/mol. The van der Waals surface area contributed by atoms with E-state index in [2.05, 4.69) is 20.1 Å². The number of hydrogen-bond acceptors (Lipinski definition) is 6. The Morgan fingerprint density at radius 2 is 1.58 bits per heavy atom. The molecule has 0 spiro atoms. The largest absolute Gasteiger partial charge is 0.506 e. The minimum atomic E-state index is 0. The summed E-state index contributed by atoms with van der Waals surface area (Å²) in [6.07, 6.45) is 0. The van der Waals surface area contributed by atoms with Crippen LogP contribution in [-0.2, 0) is 6.54 Å². The molecule has 1 fully saturated rings. The van der Waals surface area contributed by atoms with Crippen molar-refractivity contribution in [3.63, 3.8) is 0 Å². The zero-order valence-corrected chi connectivity index (χ0v) is 20.8. The van der Waals surface area contributed by atoms with Crippen LogP contribution in [0.15, 0.2) is 41.4 Å². The van der Waals surface area contributed by atoms with Gasteiger partial charge in [-0.05, 0) is 18.2 Å². The monoisotopic (exact) mass is 542 g/mol. The van der Waals surface area contributed by atoms with Crippen molar-refractivity contribution in [3.05, 3.63) is 42.0 Å². The van der Waals surface area contributed by atoms with Gasteiger partial charge in [0.25, 0.3) is 0 Å². The van der Waals surface area contributed by atoms with Crippen molar-refractivity contribution in [1.29, 1.82) is 0 Å². The highest BCUT2D eigenvalue weighted by molar-refractivity contribution is 14.0. The Kier molecular flexibility index (Phi) is 9.35. The molecule has 0 atom stereocenters. The molecule has 2 N–H and O–H groups in total. The third-order valence-electron chi connectivity index (χ3n) is 5.24. The summed E-state index contributed by atoms with van der Waals surface area (Å²) in [7, 11) is 6.64. The molecule has 0 unspecified atom stereocenters. The van der Waals surface area contributed by atoms with Crippen molar-refractivity contribution in [2.75, 3.05) is 59.5 Å². The number of anilines is 1. The van der Waals surface area contributed by atoms with E-state index < -0.39 is 0 Å². The molecule has 0 saturated carbocycles. The number of nitrogens with zero attached hydrogens (tertiary/aromatic N) is 3. The van der Waals surface area contributed by atoms with E-state index in [4.69, 9.17) is 14.2 Å². The Labute approximate surface area is 200 Å². The molecule has 170 valence electrons. The number of nitrogens with one attached hydrogen (secondary N) is 1. The number of phenolic OH excluding ortho intramolecular Hbond substituents is 1. The molecule has 0 amide bonds. The summed E-state index contributed by atoms with van der Waals surface area (Å²) in [4.78, 5) is 8.84. The highest BCUT2D eigenvalue weighted by Crippen LogP contribution is 2.34. The summed E-state index contributed by atoms with van der Waals surface area (Å²) in [6, 6.07) is 11.2. The fourth-order valence-corrected chi connectivity index (χ4v) is 3.63. The van der Waals surface area contributed by atoms with Gasteiger partial charge in [-0.25, -0.2) is 0 Å². The standard InChI is InChI=1S/C22H30N4O4.HI/c1-23-22(24-15-16-13-20(29-3)21(30-4)14-19(16)28-2)26-11-9-25(10-12-26)17-7-5-6-8-18(17)27;/h5-8,13-14,27H,9-12,15H2,1-4H3,(H,23,24);1H. The van der Waals surface area contributed by atoms with Crippen LogP contribution >= 0.6 is 24.0 Å². The third-order valence-corrected chi connectivity index (χ3v) is 5.24. The maximum absolute atomic E-state index is 10.1. The van der Waals surface area contributed by atoms with E-state index in [0.717, 1.165) is 49.1 Å². The molecule has 0 aliphatic carbocycles. The van der Waals surface area contributed by atoms with Crippen molar-refractivity contribution in [2.24, 2.45) is 4.99 Å². The molecule has 1 aliphatic heterocycles. The second-order valence-corrected chi connectivity index (χ2v) is 6.88. The van der Waals surface area contributed by atoms with Crippen LogP contribution < -0.4 is 24.4 Å². The first-order valence-electron chi connectivity index (χ1n) is 9.88. The van der Waals surface area contributed by atoms with Gasteiger partial charge >= 0.3 is 0 Å². The molecule has 8 nitrogen and oxygen atoms in total. The Balaban J connectivity index is 0.00000341. The Bertz CT molecular complexity index is 886. The van der Waals surface area contributed by atoms with Crippen molar-refractivity contribution in [2.45, 2.75) is 6.54 Å². The van der Waals surface area contributed by atoms with Gasteiger partial charge in [-0.1, -0.05) is 12.1 Å². The fourth-order valence-electron chi connectivity index (χ4n) is 3.63. The topological polar surface area (TPSA) is 78.8 Å². The number of ether oxygens (including phenoxy) is 3. The first-order valence-corrected chi connectivity index (χ1v) is 9.88. The lowest BCUT2D eigenvalue weighted by Gasteiger charge is -2.37. The lowest BCUT2D eigenvalue weighted by Crippen LogP contribution is -2.52. The summed E-state index contributed by atoms with van der Waals surface area (Å²) >= 11 is 0. The number of halogens is 1. The highest BCUT2D eigenvalue weighted by Gasteiger charge is 2.21. The molecule has 1 heterocycles. The van der Waals surface area contributed by atoms with E-state index in [9.17, 15) is 5.11 Å². The predicted octanol–water partition coefficient (Wildman–Crippen LogP) is 2.93. The second-order valence-electron chi connectivity index (χ2n) is 6.88. The number of aliphatic imine (C=N–C) groups is 1. The molecule has 1 aliphatic rings. The minimum absolute atomic E-state index is 0. The lowest BCUT2D eigenvalue weighted by atomic mass is 10.1. The summed E-state index contributed by atoms with van der Waals surface area (Å²) in [5.41, 5.74) is 1.82. The summed E-state index contributed by atoms with van der Waals surface area (Å²) < 4.78 is 16.3. The van der Waals surface area contributed by atoms with Crippen molar-refractivity contribution < 1.29 is 19.3 Å². The van der Waals surface area contributed by atoms with Gasteiger partial charge in [0.15, 0.2) is 17.5 Å². The van der Waals surface area contributed by atoms with Crippen LogP contribution in [0, 0.1) is 0 Å². The number of aromatic hydroxyl groups is 1. The number of phenols is 1. The van der Waals surface area contributed by atoms with Crippen molar-refractivity contribution in [1.82, 2.24) is 10.2 Å². The van der Waals surface area contributed by atoms with E-state index in [1.165, 1.54) is 0 Å². The Morgan fingerprint density at radius 1 is 0.968 bits per heavy atom. The molecule has 2 aromatic rings. The van der Waals surface area contributed by atoms with Gasteiger partial charge in [-0.2, -0.15) is 0 Å². The molecule has 0 bridgehead atoms. The number of rotatable bonds is 6. The summed E-state index contributed by atoms with van der Waals surface area (Å²) in [5.74, 6) is 3.14. The average molecular weight is 542 g/mol. The van der Waals surface area contributed by atoms with Gasteiger partial charge in [0.1, 0.15) is 11.5 Å². The van der Waals surface area contributed by atoms with Crippen LogP contribution in [0.1, 0.15) is 5.56 Å². The highest BCUT2D eigenvalue weighted by atomic mass is 127. The van der Waals surface area contributed by atoms with Crippen LogP contribution in [0.25, 0.3) is 0 Å². The first kappa shape index (κ1) is 24.7. The Morgan fingerprint density at radius 3 is 2.16 bits per heavy atom. The van der Waals surface area contributed by atoms with Crippen LogP contribution in [0.2, 0.25) is 0 Å². The maximum atomic E-state index is 10.1. The number of methoxy groups -OCH3 is 3. The second kappa shape index (κ2) is 11.7. The van der Waals surface area contributed by atoms with Crippen LogP contribution in [0.3, 0.4) is 0 Å². The summed E-state index contributed by atoms with van der Waals surface area (Å²) in [6.45, 7) is 3.75. The third kappa shape index (κ3) is 5.78. The summed E-state index contributed by atoms with van der Waals surface area (Å²) in [5, 5.41) is 13.5. The van der Waals surface area contributed by atoms with E-state index in [1.54, 1.807) is 34.4 Å². The quantitative estimate of drug-likeness (QED) is 0.330. The van der Waals surface area contributed by atoms with Gasteiger partial charge in [-0.3, -0.25) is 4.99 Å². The minimum Gasteiger partial charge on any atom is -0.506 e. The zero-order chi connectivity index (χ0) is 21.5. The normalized spacial score (nSPS) is 14.0. The van der Waals surface area contributed by atoms with Crippen molar-refractivity contribution >= 4 is 35.6 Å². The van der Waals surface area contributed by atoms with E-state index in [0.29, 0.717) is 23.8 Å². The van der Waals surface area contributed by atoms with Gasteiger partial charge < -0.3 is 34.4 Å². The van der Waals surface area contributed by atoms with Crippen molar-refractivity contribution in [3.8, 4) is 23.0 Å². The van der Waals surface area contributed by atoms with E-state index in [-0.39, 0.29) is 24.0 Å². The lowest BCUT2D eigenvalue weighted by molar-refractivity contribution is 0.346. The molecule has 3 rings (SSSR count). The molecule has 2 aromatic carbocycles. The van der Waals surface area contributed by atoms with Crippen LogP contribution in [0.4, 0.5) is 5.69 Å². The Hall–Kier alpha value is -2.56. The van der Waals surface area contributed by atoms with E-state index >= 15 is 0 Å². The number of guanidine groups is 1. The molecule has 0 radical (unpaired) electrons.